The Kier molecular flexibility index (Phi) is 7.03. The maximum absolute atomic E-state index is 13.2. The molecule has 9 heteroatoms. The van der Waals surface area contributed by atoms with Crippen molar-refractivity contribution >= 4 is 11.3 Å². The zero-order valence-electron chi connectivity index (χ0n) is 18.6. The fraction of sp³-hybridized carbons (Fsp3) is 0.417. The minimum atomic E-state index is -5.13. The van der Waals surface area contributed by atoms with Gasteiger partial charge in [-0.25, -0.2) is 0 Å². The molecule has 0 heterocycles. The summed E-state index contributed by atoms with van der Waals surface area (Å²) >= 11 is 0. The molecule has 0 bridgehead atoms. The van der Waals surface area contributed by atoms with E-state index in [0.717, 1.165) is 11.1 Å². The maximum Gasteiger partial charge on any atom is 0.420 e. The quantitative estimate of drug-likeness (QED) is 0.355. The topological polar surface area (TPSA) is 66.5 Å². The largest absolute Gasteiger partial charge is 0.420 e. The molecule has 2 rings (SSSR count). The third kappa shape index (κ3) is 5.89. The van der Waals surface area contributed by atoms with Crippen molar-refractivity contribution in [1.82, 2.24) is 0 Å². The van der Waals surface area contributed by atoms with Gasteiger partial charge in [0.25, 0.3) is 0 Å². The van der Waals surface area contributed by atoms with Crippen molar-refractivity contribution in [2.75, 3.05) is 5.73 Å². The SMILES string of the molecule is CC(C)(c1ccc(N)cc1)c1ccc(/C(=C/C(C)(O)C(F)(F)F)CC(C)(O)C(F)(F)F)cc1. The number of nitrogen functional groups attached to an aromatic ring is 1. The number of hydrogen-bond donors (Lipinski definition) is 3. The van der Waals surface area contributed by atoms with Gasteiger partial charge in [-0.1, -0.05) is 50.2 Å². The predicted molar refractivity (Wildman–Crippen MR) is 115 cm³/mol. The van der Waals surface area contributed by atoms with E-state index >= 15 is 0 Å². The lowest BCUT2D eigenvalue weighted by molar-refractivity contribution is -0.250. The molecule has 0 saturated carbocycles. The Morgan fingerprint density at radius 1 is 0.758 bits per heavy atom. The highest BCUT2D eigenvalue weighted by molar-refractivity contribution is 5.68. The van der Waals surface area contributed by atoms with Gasteiger partial charge in [0.2, 0.25) is 0 Å². The summed E-state index contributed by atoms with van der Waals surface area (Å²) in [6.45, 7) is 4.73. The normalized spacial score (nSPS) is 17.4. The molecule has 0 amide bonds. The van der Waals surface area contributed by atoms with Crippen molar-refractivity contribution in [2.45, 2.75) is 63.1 Å². The van der Waals surface area contributed by atoms with Crippen LogP contribution in [0.15, 0.2) is 54.6 Å². The van der Waals surface area contributed by atoms with Gasteiger partial charge in [0.05, 0.1) is 0 Å². The van der Waals surface area contributed by atoms with Crippen molar-refractivity contribution in [3.05, 3.63) is 71.3 Å². The molecule has 0 radical (unpaired) electrons. The highest BCUT2D eigenvalue weighted by Gasteiger charge is 2.52. The molecule has 0 spiro atoms. The molecule has 2 unspecified atom stereocenters. The molecule has 0 aliphatic heterocycles. The Bertz CT molecular complexity index is 986. The summed E-state index contributed by atoms with van der Waals surface area (Å²) in [5.41, 5.74) is 0.236. The minimum Gasteiger partial charge on any atom is -0.399 e. The molecule has 0 aromatic heterocycles. The summed E-state index contributed by atoms with van der Waals surface area (Å²) in [4.78, 5) is 0. The number of nitrogens with two attached hydrogens (primary N) is 1. The van der Waals surface area contributed by atoms with Crippen LogP contribution in [-0.2, 0) is 5.41 Å². The fourth-order valence-corrected chi connectivity index (χ4v) is 3.30. The monoisotopic (exact) mass is 475 g/mol. The molecule has 2 aromatic rings. The lowest BCUT2D eigenvalue weighted by Gasteiger charge is -2.30. The summed E-state index contributed by atoms with van der Waals surface area (Å²) in [5.74, 6) is 0. The second kappa shape index (κ2) is 8.68. The van der Waals surface area contributed by atoms with Crippen LogP contribution in [0.5, 0.6) is 0 Å². The molecule has 0 aliphatic carbocycles. The van der Waals surface area contributed by atoms with Crippen LogP contribution in [0.3, 0.4) is 0 Å². The van der Waals surface area contributed by atoms with Crippen LogP contribution in [0.4, 0.5) is 32.0 Å². The van der Waals surface area contributed by atoms with Gasteiger partial charge in [-0.05, 0) is 54.3 Å². The summed E-state index contributed by atoms with van der Waals surface area (Å²) in [6.07, 6.45) is -11.1. The molecule has 182 valence electrons. The first-order chi connectivity index (χ1) is 14.8. The number of anilines is 1. The van der Waals surface area contributed by atoms with E-state index in [1.807, 2.05) is 26.0 Å². The summed E-state index contributed by atoms with van der Waals surface area (Å²) in [6, 6.07) is 13.0. The lowest BCUT2D eigenvalue weighted by atomic mass is 9.77. The lowest BCUT2D eigenvalue weighted by Crippen LogP contribution is -2.43. The number of rotatable bonds is 6. The first kappa shape index (κ1) is 26.7. The van der Waals surface area contributed by atoms with Crippen LogP contribution in [-0.4, -0.2) is 33.8 Å². The van der Waals surface area contributed by atoms with Gasteiger partial charge in [-0.2, -0.15) is 26.3 Å². The van der Waals surface area contributed by atoms with Crippen LogP contribution < -0.4 is 5.73 Å². The van der Waals surface area contributed by atoms with E-state index in [2.05, 4.69) is 0 Å². The van der Waals surface area contributed by atoms with Crippen molar-refractivity contribution in [2.24, 2.45) is 0 Å². The third-order valence-electron chi connectivity index (χ3n) is 5.78. The standard InChI is InChI=1S/C24H27F6NO2/c1-20(2,18-9-11-19(31)12-10-18)17-7-5-15(6-8-17)16(13-21(3,32)23(25,26)27)14-22(4,33)24(28,29)30/h5-13,32-33H,14,31H2,1-4H3/b16-13+. The van der Waals surface area contributed by atoms with Gasteiger partial charge < -0.3 is 15.9 Å². The molecule has 0 saturated heterocycles. The van der Waals surface area contributed by atoms with Crippen LogP contribution in [0.2, 0.25) is 0 Å². The average Bonchev–Trinajstić information content (AvgIpc) is 2.66. The smallest absolute Gasteiger partial charge is 0.399 e. The Balaban J connectivity index is 2.53. The Morgan fingerprint density at radius 2 is 1.18 bits per heavy atom. The molecule has 2 aromatic carbocycles. The Labute approximate surface area is 188 Å². The Morgan fingerprint density at radius 3 is 1.58 bits per heavy atom. The molecule has 33 heavy (non-hydrogen) atoms. The van der Waals surface area contributed by atoms with Crippen LogP contribution in [0, 0.1) is 0 Å². The van der Waals surface area contributed by atoms with Crippen molar-refractivity contribution in [1.29, 1.82) is 0 Å². The summed E-state index contributed by atoms with van der Waals surface area (Å²) < 4.78 is 79.4. The molecule has 0 aliphatic rings. The van der Waals surface area contributed by atoms with Crippen molar-refractivity contribution in [3.8, 4) is 0 Å². The number of benzene rings is 2. The van der Waals surface area contributed by atoms with E-state index in [4.69, 9.17) is 5.73 Å². The van der Waals surface area contributed by atoms with Crippen molar-refractivity contribution in [3.63, 3.8) is 0 Å². The van der Waals surface area contributed by atoms with E-state index in [9.17, 15) is 36.6 Å². The zero-order chi connectivity index (χ0) is 25.5. The average molecular weight is 475 g/mol. The molecule has 3 nitrogen and oxygen atoms in total. The number of aliphatic hydroxyl groups is 2. The predicted octanol–water partition coefficient (Wildman–Crippen LogP) is 5.99. The molecule has 4 N–H and O–H groups in total. The minimum absolute atomic E-state index is 0.0147. The highest BCUT2D eigenvalue weighted by atomic mass is 19.4. The van der Waals surface area contributed by atoms with E-state index in [0.29, 0.717) is 25.6 Å². The van der Waals surface area contributed by atoms with E-state index in [1.54, 1.807) is 24.3 Å². The van der Waals surface area contributed by atoms with E-state index in [-0.39, 0.29) is 5.56 Å². The zero-order valence-corrected chi connectivity index (χ0v) is 18.6. The van der Waals surface area contributed by atoms with Crippen LogP contribution in [0.25, 0.3) is 5.57 Å². The third-order valence-corrected chi connectivity index (χ3v) is 5.78. The Hall–Kier alpha value is -2.52. The van der Waals surface area contributed by atoms with Gasteiger partial charge in [0.1, 0.15) is 0 Å². The van der Waals surface area contributed by atoms with Crippen LogP contribution >= 0.6 is 0 Å². The molecule has 2 atom stereocenters. The maximum atomic E-state index is 13.2. The van der Waals surface area contributed by atoms with Crippen LogP contribution in [0.1, 0.15) is 50.8 Å². The highest BCUT2D eigenvalue weighted by Crippen LogP contribution is 2.41. The van der Waals surface area contributed by atoms with Gasteiger partial charge in [0, 0.05) is 17.5 Å². The van der Waals surface area contributed by atoms with E-state index in [1.165, 1.54) is 12.1 Å². The molecule has 0 fully saturated rings. The van der Waals surface area contributed by atoms with Gasteiger partial charge >= 0.3 is 12.4 Å². The fourth-order valence-electron chi connectivity index (χ4n) is 3.30. The molecular weight excluding hydrogens is 448 g/mol. The number of alkyl halides is 6. The first-order valence-corrected chi connectivity index (χ1v) is 10.0. The number of hydrogen-bond acceptors (Lipinski definition) is 3. The van der Waals surface area contributed by atoms with Gasteiger partial charge in [0.15, 0.2) is 11.2 Å². The first-order valence-electron chi connectivity index (χ1n) is 10.0. The second-order valence-electron chi connectivity index (χ2n) is 9.09. The van der Waals surface area contributed by atoms with E-state index < -0.39 is 41.0 Å². The van der Waals surface area contributed by atoms with Gasteiger partial charge in [-0.15, -0.1) is 0 Å². The molecular formula is C24H27F6NO2. The van der Waals surface area contributed by atoms with Crippen molar-refractivity contribution < 1.29 is 36.6 Å². The second-order valence-corrected chi connectivity index (χ2v) is 9.09. The number of halogens is 6. The summed E-state index contributed by atoms with van der Waals surface area (Å²) in [7, 11) is 0. The summed E-state index contributed by atoms with van der Waals surface area (Å²) in [5, 5.41) is 19.8. The van der Waals surface area contributed by atoms with Gasteiger partial charge in [-0.3, -0.25) is 0 Å².